The summed E-state index contributed by atoms with van der Waals surface area (Å²) < 4.78 is 1.83. The lowest BCUT2D eigenvalue weighted by molar-refractivity contribution is -0.127. The number of fused-ring (bicyclic) bond motifs is 6. The van der Waals surface area contributed by atoms with E-state index in [-0.39, 0.29) is 17.4 Å². The minimum absolute atomic E-state index is 0.0536. The monoisotopic (exact) mass is 442 g/mol. The van der Waals surface area contributed by atoms with E-state index in [1.807, 2.05) is 15.5 Å². The molecular weight excluding hydrogens is 424 g/mol. The molecule has 0 N–H and O–H groups in total. The molecule has 1 aromatic heterocycles. The molecule has 9 rings (SSSR count). The molecule has 2 aliphatic carbocycles. The van der Waals surface area contributed by atoms with E-state index in [4.69, 9.17) is 0 Å². The molecular formula is C28H18N4O2. The van der Waals surface area contributed by atoms with Gasteiger partial charge in [-0.25, -0.2) is 0 Å². The maximum Gasteiger partial charge on any atom is 0.260 e. The number of rotatable bonds is 0. The molecule has 0 saturated carbocycles. The van der Waals surface area contributed by atoms with E-state index in [9.17, 15) is 9.59 Å². The van der Waals surface area contributed by atoms with Gasteiger partial charge in [-0.2, -0.15) is 0 Å². The first-order chi connectivity index (χ1) is 16.7. The Morgan fingerprint density at radius 2 is 1.71 bits per heavy atom. The molecule has 0 fully saturated rings. The second kappa shape index (κ2) is 5.53. The van der Waals surface area contributed by atoms with Gasteiger partial charge in [-0.05, 0) is 50.7 Å². The molecule has 0 radical (unpaired) electrons. The summed E-state index contributed by atoms with van der Waals surface area (Å²) in [7, 11) is 0. The summed E-state index contributed by atoms with van der Waals surface area (Å²) in [5.74, 6) is 0.693. The van der Waals surface area contributed by atoms with Crippen molar-refractivity contribution in [3.8, 4) is 0 Å². The highest BCUT2D eigenvalue weighted by Gasteiger charge is 2.41. The number of aliphatic imine (C=N–C) groups is 1. The maximum absolute atomic E-state index is 13.4. The van der Waals surface area contributed by atoms with Crippen molar-refractivity contribution >= 4 is 56.2 Å². The van der Waals surface area contributed by atoms with E-state index in [0.29, 0.717) is 26.2 Å². The predicted octanol–water partition coefficient (Wildman–Crippen LogP) is 1.99. The Bertz CT molecular complexity index is 1990. The highest BCUT2D eigenvalue weighted by atomic mass is 16.2. The van der Waals surface area contributed by atoms with Crippen molar-refractivity contribution in [1.29, 1.82) is 0 Å². The largest absolute Gasteiger partial charge is 0.294 e. The van der Waals surface area contributed by atoms with Crippen LogP contribution in [0, 0.1) is 0 Å². The number of pyridine rings is 1. The average molecular weight is 442 g/mol. The van der Waals surface area contributed by atoms with Crippen LogP contribution in [0.5, 0.6) is 0 Å². The van der Waals surface area contributed by atoms with Crippen LogP contribution in [-0.2, 0) is 17.8 Å². The predicted molar refractivity (Wildman–Crippen MR) is 132 cm³/mol. The van der Waals surface area contributed by atoms with Crippen molar-refractivity contribution in [3.63, 3.8) is 0 Å². The Morgan fingerprint density at radius 3 is 2.65 bits per heavy atom. The number of carbonyl (C=O) groups is 1. The number of aromatic nitrogens is 1. The van der Waals surface area contributed by atoms with Crippen LogP contribution in [-0.4, -0.2) is 40.8 Å². The van der Waals surface area contributed by atoms with Gasteiger partial charge in [-0.1, -0.05) is 36.4 Å². The summed E-state index contributed by atoms with van der Waals surface area (Å²) in [5, 5.41) is 7.55. The fourth-order valence-corrected chi connectivity index (χ4v) is 7.02. The fourth-order valence-electron chi connectivity index (χ4n) is 7.02. The molecule has 5 aliphatic rings. The first kappa shape index (κ1) is 17.4. The number of amidine groups is 1. The average Bonchev–Trinajstić information content (AvgIpc) is 3.56. The van der Waals surface area contributed by atoms with Crippen LogP contribution in [0.4, 0.5) is 0 Å². The molecule has 34 heavy (non-hydrogen) atoms. The van der Waals surface area contributed by atoms with Crippen LogP contribution in [0.25, 0.3) is 44.5 Å². The molecule has 0 bridgehead atoms. The Hall–Kier alpha value is -4.06. The Balaban J connectivity index is 1.53. The summed E-state index contributed by atoms with van der Waals surface area (Å²) in [6, 6.07) is 8.44. The van der Waals surface area contributed by atoms with Crippen LogP contribution in [0.15, 0.2) is 45.1 Å². The normalized spacial score (nSPS) is 20.7. The Morgan fingerprint density at radius 1 is 0.882 bits per heavy atom. The molecule has 1 atom stereocenters. The molecule has 3 aromatic carbocycles. The molecule has 1 unspecified atom stereocenters. The second-order valence-electron chi connectivity index (χ2n) is 9.77. The third-order valence-electron chi connectivity index (χ3n) is 8.35. The molecule has 3 aliphatic heterocycles. The van der Waals surface area contributed by atoms with Gasteiger partial charge in [0.2, 0.25) is 5.91 Å². The quantitative estimate of drug-likeness (QED) is 0.391. The minimum Gasteiger partial charge on any atom is -0.294 e. The number of hydrogen-bond donors (Lipinski definition) is 0. The van der Waals surface area contributed by atoms with E-state index >= 15 is 0 Å². The number of nitrogens with zero attached hydrogens (tertiary/aromatic N) is 4. The van der Waals surface area contributed by atoms with Crippen molar-refractivity contribution < 1.29 is 4.79 Å². The molecule has 0 spiro atoms. The molecule has 1 amide bonds. The van der Waals surface area contributed by atoms with E-state index in [1.165, 1.54) is 21.9 Å². The van der Waals surface area contributed by atoms with Crippen molar-refractivity contribution in [2.75, 3.05) is 19.6 Å². The Labute approximate surface area is 192 Å². The van der Waals surface area contributed by atoms with Gasteiger partial charge in [0.15, 0.2) is 0 Å². The van der Waals surface area contributed by atoms with Gasteiger partial charge in [0.25, 0.3) is 5.56 Å². The van der Waals surface area contributed by atoms with E-state index in [2.05, 4.69) is 46.4 Å². The van der Waals surface area contributed by atoms with Crippen LogP contribution in [0.2, 0.25) is 0 Å². The standard InChI is InChI=1S/C28H18N4O2/c33-27-19-8-4-16-14-2-6-18-24-20(28(34)32-12-10-30-26(18)32)7-3-15(22(14)24)13-1-5-17(23(19)21(13)16)25-29-9-11-31(25)27/h1,3-8,19H,2,9-12H2. The van der Waals surface area contributed by atoms with Gasteiger partial charge < -0.3 is 0 Å². The zero-order valence-electron chi connectivity index (χ0n) is 18.3. The maximum atomic E-state index is 13.4. The highest BCUT2D eigenvalue weighted by Crippen LogP contribution is 2.47. The molecule has 4 aromatic rings. The van der Waals surface area contributed by atoms with Gasteiger partial charge in [0.05, 0.1) is 19.0 Å². The van der Waals surface area contributed by atoms with E-state index in [1.54, 1.807) is 0 Å². The molecule has 6 nitrogen and oxygen atoms in total. The topological polar surface area (TPSA) is 67.0 Å². The summed E-state index contributed by atoms with van der Waals surface area (Å²) >= 11 is 0. The molecule has 6 heteroatoms. The summed E-state index contributed by atoms with van der Waals surface area (Å²) in [6.45, 7) is 2.65. The summed E-state index contributed by atoms with van der Waals surface area (Å²) in [5.41, 5.74) is 5.50. The lowest BCUT2D eigenvalue weighted by Crippen LogP contribution is -2.43. The van der Waals surface area contributed by atoms with Gasteiger partial charge in [-0.15, -0.1) is 0 Å². The highest BCUT2D eigenvalue weighted by molar-refractivity contribution is 6.26. The summed E-state index contributed by atoms with van der Waals surface area (Å²) in [4.78, 5) is 37.9. The van der Waals surface area contributed by atoms with Crippen molar-refractivity contribution in [2.24, 2.45) is 9.98 Å². The molecule has 0 saturated heterocycles. The third-order valence-corrected chi connectivity index (χ3v) is 8.35. The van der Waals surface area contributed by atoms with E-state index in [0.717, 1.165) is 55.6 Å². The lowest BCUT2D eigenvalue weighted by Gasteiger charge is -2.34. The van der Waals surface area contributed by atoms with Crippen LogP contribution in [0.1, 0.15) is 28.2 Å². The van der Waals surface area contributed by atoms with Crippen molar-refractivity contribution in [1.82, 2.24) is 9.47 Å². The van der Waals surface area contributed by atoms with E-state index < -0.39 is 0 Å². The first-order valence-corrected chi connectivity index (χ1v) is 11.9. The van der Waals surface area contributed by atoms with Gasteiger partial charge >= 0.3 is 0 Å². The fraction of sp³-hybridized carbons (Fsp3) is 0.214. The minimum atomic E-state index is -0.261. The van der Waals surface area contributed by atoms with Gasteiger partial charge in [-0.3, -0.25) is 29.0 Å². The molecule has 162 valence electrons. The van der Waals surface area contributed by atoms with Gasteiger partial charge in [0, 0.05) is 34.6 Å². The first-order valence-electron chi connectivity index (χ1n) is 11.9. The number of carbonyl (C=O) groups excluding carboxylic acids is 1. The SMILES string of the molecule is O=C1C2C=Cc3c4c5c(ccc6c(=O)n7c(c(c65)=CC4)=NCC7)c4ccc(c2c34)C2=NCCN12. The van der Waals surface area contributed by atoms with Crippen molar-refractivity contribution in [2.45, 2.75) is 18.9 Å². The number of benzene rings is 3. The molecule has 4 heterocycles. The Kier molecular flexibility index (Phi) is 2.83. The summed E-state index contributed by atoms with van der Waals surface area (Å²) in [6.07, 6.45) is 7.25. The van der Waals surface area contributed by atoms with Crippen molar-refractivity contribution in [3.05, 3.63) is 73.7 Å². The van der Waals surface area contributed by atoms with Crippen LogP contribution in [0.3, 0.4) is 0 Å². The smallest absolute Gasteiger partial charge is 0.260 e. The lowest BCUT2D eigenvalue weighted by atomic mass is 9.75. The zero-order valence-corrected chi connectivity index (χ0v) is 18.3. The van der Waals surface area contributed by atoms with Crippen LogP contribution < -0.4 is 16.3 Å². The number of hydrogen-bond acceptors (Lipinski definition) is 4. The third kappa shape index (κ3) is 1.74. The second-order valence-corrected chi connectivity index (χ2v) is 9.77. The number of amides is 1. The van der Waals surface area contributed by atoms with Gasteiger partial charge in [0.1, 0.15) is 11.3 Å². The zero-order chi connectivity index (χ0) is 22.3. The van der Waals surface area contributed by atoms with Crippen LogP contribution >= 0.6 is 0 Å².